The summed E-state index contributed by atoms with van der Waals surface area (Å²) in [5, 5.41) is 20.0. The Labute approximate surface area is 149 Å². The van der Waals surface area contributed by atoms with Crippen molar-refractivity contribution in [3.63, 3.8) is 0 Å². The van der Waals surface area contributed by atoms with Gasteiger partial charge in [-0.15, -0.1) is 20.4 Å². The van der Waals surface area contributed by atoms with Gasteiger partial charge in [0.15, 0.2) is 0 Å². The normalized spacial score (nSPS) is 11.1. The molecule has 0 aliphatic carbocycles. The molecule has 4 aromatic rings. The van der Waals surface area contributed by atoms with Crippen LogP contribution in [0.4, 0.5) is 0 Å². The molecule has 0 saturated heterocycles. The van der Waals surface area contributed by atoms with Gasteiger partial charge in [-0.25, -0.2) is 0 Å². The standard InChI is InChI=1S/C19H16N4OS/c1-2-16-20-21-17(24-16)12-25-19-15-11-7-6-10-14(15)18(22-23-19)13-8-4-3-5-9-13/h3-11H,2,12H2,1H3. The van der Waals surface area contributed by atoms with Crippen molar-refractivity contribution in [1.82, 2.24) is 20.4 Å². The molecule has 0 saturated carbocycles. The highest BCUT2D eigenvalue weighted by atomic mass is 32.2. The summed E-state index contributed by atoms with van der Waals surface area (Å²) in [7, 11) is 0. The van der Waals surface area contributed by atoms with Gasteiger partial charge in [0.25, 0.3) is 0 Å². The van der Waals surface area contributed by atoms with E-state index < -0.39 is 0 Å². The van der Waals surface area contributed by atoms with E-state index in [2.05, 4.69) is 32.5 Å². The molecule has 6 heteroatoms. The quantitative estimate of drug-likeness (QED) is 0.494. The van der Waals surface area contributed by atoms with Crippen LogP contribution in [0.3, 0.4) is 0 Å². The minimum absolute atomic E-state index is 0.580. The van der Waals surface area contributed by atoms with Crippen molar-refractivity contribution in [3.05, 3.63) is 66.4 Å². The summed E-state index contributed by atoms with van der Waals surface area (Å²) in [4.78, 5) is 0. The fourth-order valence-corrected chi connectivity index (χ4v) is 3.42. The number of rotatable bonds is 5. The Morgan fingerprint density at radius 2 is 1.52 bits per heavy atom. The summed E-state index contributed by atoms with van der Waals surface area (Å²) >= 11 is 1.56. The summed E-state index contributed by atoms with van der Waals surface area (Å²) in [5.41, 5.74) is 1.96. The van der Waals surface area contributed by atoms with Crippen molar-refractivity contribution in [2.75, 3.05) is 0 Å². The van der Waals surface area contributed by atoms with Gasteiger partial charge in [-0.3, -0.25) is 0 Å². The molecule has 0 amide bonds. The molecule has 0 atom stereocenters. The second-order valence-electron chi connectivity index (χ2n) is 5.50. The molecule has 0 aliphatic rings. The highest BCUT2D eigenvalue weighted by molar-refractivity contribution is 7.98. The number of nitrogens with zero attached hydrogens (tertiary/aromatic N) is 4. The molecule has 0 aliphatic heterocycles. The zero-order valence-corrected chi connectivity index (χ0v) is 14.5. The Kier molecular flexibility index (Phi) is 4.43. The summed E-state index contributed by atoms with van der Waals surface area (Å²) in [6, 6.07) is 18.3. The molecule has 4 rings (SSSR count). The first kappa shape index (κ1) is 15.8. The number of hydrogen-bond acceptors (Lipinski definition) is 6. The van der Waals surface area contributed by atoms with Crippen molar-refractivity contribution < 1.29 is 4.42 Å². The third kappa shape index (κ3) is 3.25. The molecule has 0 N–H and O–H groups in total. The van der Waals surface area contributed by atoms with E-state index in [0.29, 0.717) is 17.5 Å². The Balaban J connectivity index is 1.68. The molecule has 2 aromatic heterocycles. The van der Waals surface area contributed by atoms with Crippen molar-refractivity contribution in [2.45, 2.75) is 24.1 Å². The molecular formula is C19H16N4OS. The van der Waals surface area contributed by atoms with Gasteiger partial charge in [-0.1, -0.05) is 73.3 Å². The van der Waals surface area contributed by atoms with Crippen LogP contribution < -0.4 is 0 Å². The van der Waals surface area contributed by atoms with Gasteiger partial charge in [0.1, 0.15) is 10.7 Å². The predicted molar refractivity (Wildman–Crippen MR) is 98.2 cm³/mol. The van der Waals surface area contributed by atoms with E-state index in [1.54, 1.807) is 11.8 Å². The lowest BCUT2D eigenvalue weighted by atomic mass is 10.1. The predicted octanol–water partition coefficient (Wildman–Crippen LogP) is 4.53. The highest BCUT2D eigenvalue weighted by Crippen LogP contribution is 2.32. The van der Waals surface area contributed by atoms with Crippen molar-refractivity contribution in [1.29, 1.82) is 0 Å². The molecular weight excluding hydrogens is 332 g/mol. The molecule has 0 unspecified atom stereocenters. The third-order valence-electron chi connectivity index (χ3n) is 3.84. The monoisotopic (exact) mass is 348 g/mol. The van der Waals surface area contributed by atoms with Gasteiger partial charge in [-0.05, 0) is 0 Å². The molecule has 0 radical (unpaired) electrons. The van der Waals surface area contributed by atoms with Crippen molar-refractivity contribution in [2.24, 2.45) is 0 Å². The number of aryl methyl sites for hydroxylation is 1. The lowest BCUT2D eigenvalue weighted by molar-refractivity contribution is 0.470. The van der Waals surface area contributed by atoms with Gasteiger partial charge in [-0.2, -0.15) is 0 Å². The Hall–Kier alpha value is -2.73. The summed E-state index contributed by atoms with van der Waals surface area (Å²) < 4.78 is 5.57. The topological polar surface area (TPSA) is 64.7 Å². The average Bonchev–Trinajstić information content (AvgIpc) is 3.15. The maximum absolute atomic E-state index is 5.57. The zero-order valence-electron chi connectivity index (χ0n) is 13.7. The maximum atomic E-state index is 5.57. The van der Waals surface area contributed by atoms with E-state index in [-0.39, 0.29) is 0 Å². The van der Waals surface area contributed by atoms with Crippen LogP contribution in [-0.4, -0.2) is 20.4 Å². The van der Waals surface area contributed by atoms with E-state index in [9.17, 15) is 0 Å². The third-order valence-corrected chi connectivity index (χ3v) is 4.81. The Bertz CT molecular complexity index is 1000. The number of aromatic nitrogens is 4. The van der Waals surface area contributed by atoms with Crippen LogP contribution in [0, 0.1) is 0 Å². The molecule has 5 nitrogen and oxygen atoms in total. The number of thioether (sulfide) groups is 1. The van der Waals surface area contributed by atoms with E-state index in [1.807, 2.05) is 49.4 Å². The van der Waals surface area contributed by atoms with Crippen LogP contribution in [-0.2, 0) is 12.2 Å². The van der Waals surface area contributed by atoms with Crippen LogP contribution in [0.5, 0.6) is 0 Å². The second-order valence-corrected chi connectivity index (χ2v) is 6.46. The first-order chi connectivity index (χ1) is 12.3. The zero-order chi connectivity index (χ0) is 17.1. The lowest BCUT2D eigenvalue weighted by Gasteiger charge is -2.08. The van der Waals surface area contributed by atoms with E-state index in [0.717, 1.165) is 33.5 Å². The molecule has 25 heavy (non-hydrogen) atoms. The molecule has 0 spiro atoms. The lowest BCUT2D eigenvalue weighted by Crippen LogP contribution is -1.94. The van der Waals surface area contributed by atoms with Gasteiger partial charge in [0.05, 0.1) is 5.75 Å². The maximum Gasteiger partial charge on any atom is 0.226 e. The number of fused-ring (bicyclic) bond motifs is 1. The summed E-state index contributed by atoms with van der Waals surface area (Å²) in [6.45, 7) is 1.99. The van der Waals surface area contributed by atoms with E-state index in [4.69, 9.17) is 4.42 Å². The SMILES string of the molecule is CCc1nnc(CSc2nnc(-c3ccccc3)c3ccccc23)o1. The molecule has 0 bridgehead atoms. The Morgan fingerprint density at radius 1 is 0.800 bits per heavy atom. The van der Waals surface area contributed by atoms with Crippen LogP contribution in [0.15, 0.2) is 64.0 Å². The smallest absolute Gasteiger partial charge is 0.226 e. The number of hydrogen-bond donors (Lipinski definition) is 0. The van der Waals surface area contributed by atoms with Crippen molar-refractivity contribution >= 4 is 22.5 Å². The summed E-state index contributed by atoms with van der Waals surface area (Å²) in [6.07, 6.45) is 0.742. The molecule has 0 fully saturated rings. The number of benzene rings is 2. The van der Waals surface area contributed by atoms with Gasteiger partial charge < -0.3 is 4.42 Å². The first-order valence-electron chi connectivity index (χ1n) is 8.10. The van der Waals surface area contributed by atoms with Gasteiger partial charge >= 0.3 is 0 Å². The second kappa shape index (κ2) is 7.03. The molecule has 2 heterocycles. The fraction of sp³-hybridized carbons (Fsp3) is 0.158. The van der Waals surface area contributed by atoms with Crippen molar-refractivity contribution in [3.8, 4) is 11.3 Å². The van der Waals surface area contributed by atoms with Crippen LogP contribution in [0.2, 0.25) is 0 Å². The Morgan fingerprint density at radius 3 is 2.28 bits per heavy atom. The minimum Gasteiger partial charge on any atom is -0.424 e. The minimum atomic E-state index is 0.580. The average molecular weight is 348 g/mol. The highest BCUT2D eigenvalue weighted by Gasteiger charge is 2.12. The van der Waals surface area contributed by atoms with Crippen LogP contribution in [0.25, 0.3) is 22.0 Å². The van der Waals surface area contributed by atoms with E-state index >= 15 is 0 Å². The summed E-state index contributed by atoms with van der Waals surface area (Å²) in [5.74, 6) is 1.85. The van der Waals surface area contributed by atoms with E-state index in [1.165, 1.54) is 0 Å². The van der Waals surface area contributed by atoms with Crippen LogP contribution in [0.1, 0.15) is 18.7 Å². The molecule has 2 aromatic carbocycles. The van der Waals surface area contributed by atoms with Gasteiger partial charge in [0.2, 0.25) is 11.8 Å². The fourth-order valence-electron chi connectivity index (χ4n) is 2.61. The largest absolute Gasteiger partial charge is 0.424 e. The molecule has 124 valence electrons. The van der Waals surface area contributed by atoms with Crippen LogP contribution >= 0.6 is 11.8 Å². The first-order valence-corrected chi connectivity index (χ1v) is 9.08. The van der Waals surface area contributed by atoms with Gasteiger partial charge in [0, 0.05) is 22.8 Å².